The molecule has 0 N–H and O–H groups in total. The van der Waals surface area contributed by atoms with Gasteiger partial charge in [-0.25, -0.2) is 4.79 Å². The SMILES string of the molecule is CC(C)C1CCN(C(=O)OC2(C(F)(F)F)CC2)CC1. The molecular formula is C13H20F3NO2. The van der Waals surface area contributed by atoms with Gasteiger partial charge >= 0.3 is 12.3 Å². The molecule has 2 rings (SSSR count). The van der Waals surface area contributed by atoms with Crippen molar-refractivity contribution in [1.29, 1.82) is 0 Å². The summed E-state index contributed by atoms with van der Waals surface area (Å²) >= 11 is 0. The highest BCUT2D eigenvalue weighted by Gasteiger charge is 2.67. The van der Waals surface area contributed by atoms with Gasteiger partial charge in [0, 0.05) is 25.9 Å². The van der Waals surface area contributed by atoms with Crippen molar-refractivity contribution in [2.75, 3.05) is 13.1 Å². The van der Waals surface area contributed by atoms with E-state index < -0.39 is 17.9 Å². The molecule has 0 spiro atoms. The number of likely N-dealkylation sites (tertiary alicyclic amines) is 1. The van der Waals surface area contributed by atoms with E-state index in [9.17, 15) is 18.0 Å². The van der Waals surface area contributed by atoms with Crippen LogP contribution in [0.3, 0.4) is 0 Å². The first kappa shape index (κ1) is 14.5. The molecule has 1 aliphatic heterocycles. The summed E-state index contributed by atoms with van der Waals surface area (Å²) in [7, 11) is 0. The topological polar surface area (TPSA) is 29.5 Å². The van der Waals surface area contributed by atoms with E-state index in [1.165, 1.54) is 4.90 Å². The van der Waals surface area contributed by atoms with Gasteiger partial charge in [0.2, 0.25) is 5.60 Å². The highest BCUT2D eigenvalue weighted by Crippen LogP contribution is 2.52. The third kappa shape index (κ3) is 2.98. The van der Waals surface area contributed by atoms with Crippen molar-refractivity contribution in [1.82, 2.24) is 4.90 Å². The van der Waals surface area contributed by atoms with Crippen LogP contribution >= 0.6 is 0 Å². The summed E-state index contributed by atoms with van der Waals surface area (Å²) in [5.41, 5.74) is -2.20. The third-order valence-corrected chi connectivity index (χ3v) is 4.24. The lowest BCUT2D eigenvalue weighted by Gasteiger charge is -2.34. The summed E-state index contributed by atoms with van der Waals surface area (Å²) in [6.45, 7) is 5.24. The maximum absolute atomic E-state index is 12.7. The quantitative estimate of drug-likeness (QED) is 0.773. The second-order valence-corrected chi connectivity index (χ2v) is 5.93. The number of hydrogen-bond acceptors (Lipinski definition) is 2. The Bertz CT molecular complexity index is 342. The predicted octanol–water partition coefficient (Wildman–Crippen LogP) is 3.59. The fraction of sp³-hybridized carbons (Fsp3) is 0.923. The molecule has 2 aliphatic rings. The van der Waals surface area contributed by atoms with Crippen molar-refractivity contribution in [3.05, 3.63) is 0 Å². The van der Waals surface area contributed by atoms with E-state index in [1.54, 1.807) is 0 Å². The molecule has 1 heterocycles. The molecule has 0 atom stereocenters. The number of alkyl halides is 3. The molecule has 3 nitrogen and oxygen atoms in total. The zero-order chi connectivity index (χ0) is 14.3. The van der Waals surface area contributed by atoms with E-state index in [-0.39, 0.29) is 12.8 Å². The van der Waals surface area contributed by atoms with E-state index >= 15 is 0 Å². The van der Waals surface area contributed by atoms with Crippen molar-refractivity contribution in [2.24, 2.45) is 11.8 Å². The van der Waals surface area contributed by atoms with Gasteiger partial charge in [-0.05, 0) is 24.7 Å². The first-order valence-electron chi connectivity index (χ1n) is 6.80. The van der Waals surface area contributed by atoms with Crippen LogP contribution in [-0.2, 0) is 4.74 Å². The highest BCUT2D eigenvalue weighted by molar-refractivity contribution is 5.68. The number of ether oxygens (including phenoxy) is 1. The van der Waals surface area contributed by atoms with Crippen LogP contribution in [0.1, 0.15) is 39.5 Å². The lowest BCUT2D eigenvalue weighted by molar-refractivity contribution is -0.219. The molecule has 0 radical (unpaired) electrons. The summed E-state index contributed by atoms with van der Waals surface area (Å²) in [5, 5.41) is 0. The lowest BCUT2D eigenvalue weighted by atomic mass is 9.87. The number of carbonyl (C=O) groups excluding carboxylic acids is 1. The van der Waals surface area contributed by atoms with Crippen LogP contribution in [0, 0.1) is 11.8 Å². The summed E-state index contributed by atoms with van der Waals surface area (Å²) in [5.74, 6) is 1.09. The van der Waals surface area contributed by atoms with Gasteiger partial charge in [-0.2, -0.15) is 13.2 Å². The third-order valence-electron chi connectivity index (χ3n) is 4.24. The minimum absolute atomic E-state index is 0.106. The number of hydrogen-bond donors (Lipinski definition) is 0. The first-order chi connectivity index (χ1) is 8.75. The van der Waals surface area contributed by atoms with E-state index in [2.05, 4.69) is 13.8 Å². The summed E-state index contributed by atoms with van der Waals surface area (Å²) in [4.78, 5) is 13.2. The van der Waals surface area contributed by atoms with Gasteiger partial charge in [0.1, 0.15) is 0 Å². The number of carbonyl (C=O) groups is 1. The fourth-order valence-electron chi connectivity index (χ4n) is 2.54. The minimum atomic E-state index is -4.45. The molecule has 1 saturated heterocycles. The van der Waals surface area contributed by atoms with E-state index in [0.717, 1.165) is 12.8 Å². The molecule has 2 fully saturated rings. The average Bonchev–Trinajstić information content (AvgIpc) is 3.09. The molecule has 0 aromatic heterocycles. The Morgan fingerprint density at radius 3 is 2.16 bits per heavy atom. The number of rotatable bonds is 2. The largest absolute Gasteiger partial charge is 0.433 e. The second-order valence-electron chi connectivity index (χ2n) is 5.93. The molecule has 19 heavy (non-hydrogen) atoms. The molecule has 1 saturated carbocycles. The highest BCUT2D eigenvalue weighted by atomic mass is 19.4. The summed E-state index contributed by atoms with van der Waals surface area (Å²) < 4.78 is 42.8. The van der Waals surface area contributed by atoms with Crippen LogP contribution in [0.25, 0.3) is 0 Å². The van der Waals surface area contributed by atoms with Crippen molar-refractivity contribution < 1.29 is 22.7 Å². The zero-order valence-electron chi connectivity index (χ0n) is 11.3. The van der Waals surface area contributed by atoms with Crippen molar-refractivity contribution in [2.45, 2.75) is 51.3 Å². The number of nitrogens with zero attached hydrogens (tertiary/aromatic N) is 1. The van der Waals surface area contributed by atoms with E-state index in [1.807, 2.05) is 0 Å². The van der Waals surface area contributed by atoms with Crippen molar-refractivity contribution in [3.8, 4) is 0 Å². The zero-order valence-corrected chi connectivity index (χ0v) is 11.3. The monoisotopic (exact) mass is 279 g/mol. The Morgan fingerprint density at radius 1 is 1.26 bits per heavy atom. The number of halogens is 3. The second kappa shape index (κ2) is 4.87. The van der Waals surface area contributed by atoms with Crippen molar-refractivity contribution in [3.63, 3.8) is 0 Å². The Morgan fingerprint density at radius 2 is 1.79 bits per heavy atom. The summed E-state index contributed by atoms with van der Waals surface area (Å²) in [6, 6.07) is 0. The van der Waals surface area contributed by atoms with Crippen LogP contribution in [-0.4, -0.2) is 35.9 Å². The predicted molar refractivity (Wildman–Crippen MR) is 63.6 cm³/mol. The van der Waals surface area contributed by atoms with Crippen LogP contribution in [0.15, 0.2) is 0 Å². The fourth-order valence-corrected chi connectivity index (χ4v) is 2.54. The van der Waals surface area contributed by atoms with Gasteiger partial charge in [-0.15, -0.1) is 0 Å². The molecule has 0 bridgehead atoms. The maximum Gasteiger partial charge on any atom is 0.428 e. The Hall–Kier alpha value is -0.940. The van der Waals surface area contributed by atoms with Crippen LogP contribution in [0.4, 0.5) is 18.0 Å². The van der Waals surface area contributed by atoms with Gasteiger partial charge < -0.3 is 9.64 Å². The van der Waals surface area contributed by atoms with Gasteiger partial charge in [0.25, 0.3) is 0 Å². The maximum atomic E-state index is 12.7. The average molecular weight is 279 g/mol. The van der Waals surface area contributed by atoms with Gasteiger partial charge in [0.05, 0.1) is 0 Å². The lowest BCUT2D eigenvalue weighted by Crippen LogP contribution is -2.44. The first-order valence-corrected chi connectivity index (χ1v) is 6.80. The molecule has 6 heteroatoms. The number of piperidine rings is 1. The van der Waals surface area contributed by atoms with Gasteiger partial charge in [-0.3, -0.25) is 0 Å². The molecule has 0 aromatic rings. The van der Waals surface area contributed by atoms with Crippen molar-refractivity contribution >= 4 is 6.09 Å². The van der Waals surface area contributed by atoms with E-state index in [0.29, 0.717) is 24.9 Å². The molecule has 110 valence electrons. The van der Waals surface area contributed by atoms with E-state index in [4.69, 9.17) is 4.74 Å². The Kier molecular flexibility index (Phi) is 3.71. The van der Waals surface area contributed by atoms with Crippen LogP contribution < -0.4 is 0 Å². The van der Waals surface area contributed by atoms with Gasteiger partial charge in [0.15, 0.2) is 0 Å². The van der Waals surface area contributed by atoms with Crippen LogP contribution in [0.5, 0.6) is 0 Å². The summed E-state index contributed by atoms with van der Waals surface area (Å²) in [6.07, 6.45) is -3.79. The Labute approximate surface area is 111 Å². The number of amides is 1. The minimum Gasteiger partial charge on any atom is -0.433 e. The molecule has 0 aromatic carbocycles. The molecule has 0 unspecified atom stereocenters. The molecular weight excluding hydrogens is 259 g/mol. The molecule has 1 aliphatic carbocycles. The standard InChI is InChI=1S/C13H20F3NO2/c1-9(2)10-3-7-17(8-4-10)11(18)19-12(5-6-12)13(14,15)16/h9-10H,3-8H2,1-2H3. The van der Waals surface area contributed by atoms with Gasteiger partial charge in [-0.1, -0.05) is 13.8 Å². The smallest absolute Gasteiger partial charge is 0.428 e. The van der Waals surface area contributed by atoms with Crippen LogP contribution in [0.2, 0.25) is 0 Å². The Balaban J connectivity index is 1.86. The normalized spacial score (nSPS) is 23.6. The molecule has 1 amide bonds.